The van der Waals surface area contributed by atoms with Gasteiger partial charge in [0.25, 0.3) is 0 Å². The summed E-state index contributed by atoms with van der Waals surface area (Å²) in [5.41, 5.74) is 4.14. The smallest absolute Gasteiger partial charge is 0.123 e. The predicted molar refractivity (Wildman–Crippen MR) is 82.9 cm³/mol. The fraction of sp³-hybridized carbons (Fsp3) is 0.471. The normalized spacial score (nSPS) is 16.0. The molecule has 0 atom stereocenters. The number of halogens is 1. The summed E-state index contributed by atoms with van der Waals surface area (Å²) < 4.78 is 15.3. The van der Waals surface area contributed by atoms with Crippen LogP contribution in [0.2, 0.25) is 0 Å². The molecule has 1 aliphatic rings. The van der Waals surface area contributed by atoms with Gasteiger partial charge in [0.15, 0.2) is 0 Å². The van der Waals surface area contributed by atoms with Crippen LogP contribution in [-0.2, 0) is 18.6 Å². The summed E-state index contributed by atoms with van der Waals surface area (Å²) >= 11 is 0. The van der Waals surface area contributed by atoms with Gasteiger partial charge in [-0.3, -0.25) is 4.68 Å². The van der Waals surface area contributed by atoms with Crippen LogP contribution < -0.4 is 5.32 Å². The molecule has 0 radical (unpaired) electrons. The van der Waals surface area contributed by atoms with Gasteiger partial charge in [0.2, 0.25) is 0 Å². The minimum Gasteiger partial charge on any atom is -0.394 e. The highest BCUT2D eigenvalue weighted by Gasteiger charge is 2.44. The SMILES string of the molecule is Cc1nn(CCO)c(C)c1CNC1(c2cccc(F)c2)CC1. The van der Waals surface area contributed by atoms with E-state index in [0.717, 1.165) is 35.4 Å². The highest BCUT2D eigenvalue weighted by molar-refractivity contribution is 5.32. The summed E-state index contributed by atoms with van der Waals surface area (Å²) in [5, 5.41) is 17.1. The van der Waals surface area contributed by atoms with E-state index in [-0.39, 0.29) is 18.0 Å². The molecule has 2 aromatic rings. The van der Waals surface area contributed by atoms with Gasteiger partial charge in [-0.15, -0.1) is 0 Å². The topological polar surface area (TPSA) is 50.1 Å². The Morgan fingerprint density at radius 2 is 2.14 bits per heavy atom. The molecule has 0 saturated heterocycles. The summed E-state index contributed by atoms with van der Waals surface area (Å²) in [6.07, 6.45) is 2.05. The summed E-state index contributed by atoms with van der Waals surface area (Å²) in [7, 11) is 0. The van der Waals surface area contributed by atoms with E-state index in [9.17, 15) is 4.39 Å². The molecule has 1 heterocycles. The monoisotopic (exact) mass is 303 g/mol. The van der Waals surface area contributed by atoms with Crippen molar-refractivity contribution in [1.29, 1.82) is 0 Å². The van der Waals surface area contributed by atoms with Crippen LogP contribution in [0, 0.1) is 19.7 Å². The Kier molecular flexibility index (Phi) is 4.02. The zero-order chi connectivity index (χ0) is 15.7. The van der Waals surface area contributed by atoms with E-state index in [0.29, 0.717) is 13.1 Å². The van der Waals surface area contributed by atoms with E-state index in [1.54, 1.807) is 12.1 Å². The number of nitrogens with zero attached hydrogens (tertiary/aromatic N) is 2. The van der Waals surface area contributed by atoms with Crippen molar-refractivity contribution in [3.8, 4) is 0 Å². The van der Waals surface area contributed by atoms with E-state index in [2.05, 4.69) is 10.4 Å². The van der Waals surface area contributed by atoms with E-state index < -0.39 is 0 Å². The second-order valence-electron chi connectivity index (χ2n) is 6.04. The van der Waals surface area contributed by atoms with Crippen molar-refractivity contribution < 1.29 is 9.50 Å². The molecular formula is C17H22FN3O. The molecule has 22 heavy (non-hydrogen) atoms. The zero-order valence-electron chi connectivity index (χ0n) is 13.1. The first-order valence-corrected chi connectivity index (χ1v) is 7.70. The molecular weight excluding hydrogens is 281 g/mol. The summed E-state index contributed by atoms with van der Waals surface area (Å²) in [6.45, 7) is 5.32. The molecule has 2 N–H and O–H groups in total. The number of aryl methyl sites for hydroxylation is 1. The third kappa shape index (κ3) is 2.78. The fourth-order valence-electron chi connectivity index (χ4n) is 3.04. The maximum absolute atomic E-state index is 13.4. The van der Waals surface area contributed by atoms with Crippen LogP contribution >= 0.6 is 0 Å². The first-order chi connectivity index (χ1) is 10.6. The number of hydrogen-bond donors (Lipinski definition) is 2. The lowest BCUT2D eigenvalue weighted by Crippen LogP contribution is -2.29. The molecule has 3 rings (SSSR count). The van der Waals surface area contributed by atoms with Crippen LogP contribution in [0.4, 0.5) is 4.39 Å². The first-order valence-electron chi connectivity index (χ1n) is 7.70. The van der Waals surface area contributed by atoms with Crippen molar-refractivity contribution in [3.63, 3.8) is 0 Å². The van der Waals surface area contributed by atoms with Gasteiger partial charge in [0.05, 0.1) is 18.8 Å². The molecule has 0 spiro atoms. The van der Waals surface area contributed by atoms with Crippen molar-refractivity contribution in [3.05, 3.63) is 52.6 Å². The van der Waals surface area contributed by atoms with Gasteiger partial charge in [0, 0.05) is 23.3 Å². The second-order valence-corrected chi connectivity index (χ2v) is 6.04. The van der Waals surface area contributed by atoms with Crippen LogP contribution in [-0.4, -0.2) is 21.5 Å². The van der Waals surface area contributed by atoms with Gasteiger partial charge in [-0.05, 0) is 44.4 Å². The fourth-order valence-corrected chi connectivity index (χ4v) is 3.04. The number of aliphatic hydroxyl groups is 1. The summed E-state index contributed by atoms with van der Waals surface area (Å²) in [4.78, 5) is 0. The molecule has 0 bridgehead atoms. The zero-order valence-corrected chi connectivity index (χ0v) is 13.1. The average Bonchev–Trinajstić information content (AvgIpc) is 3.23. The van der Waals surface area contributed by atoms with Gasteiger partial charge in [0.1, 0.15) is 5.82 Å². The Morgan fingerprint density at radius 3 is 2.77 bits per heavy atom. The lowest BCUT2D eigenvalue weighted by atomic mass is 10.0. The molecule has 0 unspecified atom stereocenters. The van der Waals surface area contributed by atoms with E-state index in [1.165, 1.54) is 6.07 Å². The molecule has 1 aromatic carbocycles. The minimum atomic E-state index is -0.186. The van der Waals surface area contributed by atoms with Crippen molar-refractivity contribution >= 4 is 0 Å². The van der Waals surface area contributed by atoms with Gasteiger partial charge in [-0.1, -0.05) is 12.1 Å². The highest BCUT2D eigenvalue weighted by Crippen LogP contribution is 2.45. The van der Waals surface area contributed by atoms with Crippen molar-refractivity contribution in [2.45, 2.75) is 45.3 Å². The third-order valence-electron chi connectivity index (χ3n) is 4.57. The number of aromatic nitrogens is 2. The third-order valence-corrected chi connectivity index (χ3v) is 4.57. The maximum atomic E-state index is 13.4. The Bertz CT molecular complexity index is 677. The quantitative estimate of drug-likeness (QED) is 0.861. The molecule has 4 nitrogen and oxygen atoms in total. The van der Waals surface area contributed by atoms with Crippen molar-refractivity contribution in [2.24, 2.45) is 0 Å². The summed E-state index contributed by atoms with van der Waals surface area (Å²) in [6, 6.07) is 6.85. The molecule has 1 aliphatic carbocycles. The van der Waals surface area contributed by atoms with Gasteiger partial charge in [-0.2, -0.15) is 5.10 Å². The largest absolute Gasteiger partial charge is 0.394 e. The molecule has 1 fully saturated rings. The number of nitrogens with one attached hydrogen (secondary N) is 1. The average molecular weight is 303 g/mol. The maximum Gasteiger partial charge on any atom is 0.123 e. The molecule has 0 amide bonds. The first kappa shape index (κ1) is 15.2. The Labute approximate surface area is 130 Å². The highest BCUT2D eigenvalue weighted by atomic mass is 19.1. The van der Waals surface area contributed by atoms with E-state index >= 15 is 0 Å². The Morgan fingerprint density at radius 1 is 1.36 bits per heavy atom. The standard InChI is InChI=1S/C17H22FN3O/c1-12-16(13(2)21(20-12)8-9-22)11-19-17(6-7-17)14-4-3-5-15(18)10-14/h3-5,10,19,22H,6-9,11H2,1-2H3. The lowest BCUT2D eigenvalue weighted by molar-refractivity contribution is 0.267. The number of benzene rings is 1. The minimum absolute atomic E-state index is 0.0854. The Hall–Kier alpha value is -1.72. The lowest BCUT2D eigenvalue weighted by Gasteiger charge is -2.18. The van der Waals surface area contributed by atoms with Gasteiger partial charge >= 0.3 is 0 Å². The summed E-state index contributed by atoms with van der Waals surface area (Å²) in [5.74, 6) is -0.186. The van der Waals surface area contributed by atoms with Crippen molar-refractivity contribution in [1.82, 2.24) is 15.1 Å². The van der Waals surface area contributed by atoms with E-state index in [4.69, 9.17) is 5.11 Å². The molecule has 118 valence electrons. The molecule has 1 aromatic heterocycles. The molecule has 0 aliphatic heterocycles. The Balaban J connectivity index is 1.75. The predicted octanol–water partition coefficient (Wildman–Crippen LogP) is 2.41. The van der Waals surface area contributed by atoms with Crippen LogP contribution in [0.1, 0.15) is 35.4 Å². The van der Waals surface area contributed by atoms with Crippen LogP contribution in [0.3, 0.4) is 0 Å². The van der Waals surface area contributed by atoms with Gasteiger partial charge < -0.3 is 10.4 Å². The van der Waals surface area contributed by atoms with Crippen molar-refractivity contribution in [2.75, 3.05) is 6.61 Å². The number of rotatable bonds is 6. The van der Waals surface area contributed by atoms with Crippen LogP contribution in [0.5, 0.6) is 0 Å². The van der Waals surface area contributed by atoms with E-state index in [1.807, 2.05) is 24.6 Å². The molecule has 5 heteroatoms. The molecule has 1 saturated carbocycles. The number of aliphatic hydroxyl groups excluding tert-OH is 1. The second kappa shape index (κ2) is 5.82. The van der Waals surface area contributed by atoms with Crippen LogP contribution in [0.25, 0.3) is 0 Å². The van der Waals surface area contributed by atoms with Gasteiger partial charge in [-0.25, -0.2) is 4.39 Å². The number of hydrogen-bond acceptors (Lipinski definition) is 3. The van der Waals surface area contributed by atoms with Crippen LogP contribution in [0.15, 0.2) is 24.3 Å².